The lowest BCUT2D eigenvalue weighted by molar-refractivity contribution is 0.0935. The van der Waals surface area contributed by atoms with Gasteiger partial charge in [-0.2, -0.15) is 0 Å². The Labute approximate surface area is 158 Å². The van der Waals surface area contributed by atoms with Crippen molar-refractivity contribution >= 4 is 27.3 Å². The van der Waals surface area contributed by atoms with Crippen LogP contribution in [0.1, 0.15) is 34.3 Å². The second kappa shape index (κ2) is 7.87. The molecule has 1 aromatic heterocycles. The number of carbonyl (C=O) groups is 2. The van der Waals surface area contributed by atoms with Gasteiger partial charge in [0, 0.05) is 18.3 Å². The summed E-state index contributed by atoms with van der Waals surface area (Å²) < 4.78 is 23.1. The van der Waals surface area contributed by atoms with Crippen LogP contribution in [-0.2, 0) is 9.84 Å². The van der Waals surface area contributed by atoms with Crippen LogP contribution >= 0.6 is 0 Å². The van der Waals surface area contributed by atoms with Gasteiger partial charge in [0.1, 0.15) is 11.4 Å². The van der Waals surface area contributed by atoms with E-state index in [0.29, 0.717) is 13.0 Å². The number of nitrogens with zero attached hydrogens (tertiary/aromatic N) is 2. The predicted molar refractivity (Wildman–Crippen MR) is 103 cm³/mol. The monoisotopic (exact) mass is 387 g/mol. The number of rotatable bonds is 5. The molecular weight excluding hydrogens is 366 g/mol. The second-order valence-electron chi connectivity index (χ2n) is 6.37. The molecule has 1 unspecified atom stereocenters. The number of hydrogen-bond donors (Lipinski definition) is 1. The molecule has 1 fully saturated rings. The highest BCUT2D eigenvalue weighted by Crippen LogP contribution is 2.16. The standard InChI is InChI=1S/C19H21N3O4S/c1-2-22(15-7-4-3-5-8-15)19(24)17-10-6-9-16(21-17)18(23)20-14-11-12-27(25,26)13-14/h3-10,14H,2,11-13H2,1H3,(H,20,23). The third-order valence-corrected chi connectivity index (χ3v) is 6.17. The highest BCUT2D eigenvalue weighted by Gasteiger charge is 2.29. The van der Waals surface area contributed by atoms with Crippen molar-refractivity contribution in [1.29, 1.82) is 0 Å². The fraction of sp³-hybridized carbons (Fsp3) is 0.316. The van der Waals surface area contributed by atoms with Crippen molar-refractivity contribution in [3.05, 3.63) is 59.9 Å². The molecule has 1 saturated heterocycles. The van der Waals surface area contributed by atoms with E-state index in [0.717, 1.165) is 5.69 Å². The summed E-state index contributed by atoms with van der Waals surface area (Å²) in [6, 6.07) is 13.5. The number of aromatic nitrogens is 1. The van der Waals surface area contributed by atoms with Crippen molar-refractivity contribution in [1.82, 2.24) is 10.3 Å². The first-order valence-electron chi connectivity index (χ1n) is 8.75. The molecule has 7 nitrogen and oxygen atoms in total. The van der Waals surface area contributed by atoms with E-state index in [-0.39, 0.29) is 28.8 Å². The van der Waals surface area contributed by atoms with E-state index in [1.807, 2.05) is 37.3 Å². The van der Waals surface area contributed by atoms with Gasteiger partial charge in [-0.1, -0.05) is 24.3 Å². The number of nitrogens with one attached hydrogen (secondary N) is 1. The molecule has 1 N–H and O–H groups in total. The highest BCUT2D eigenvalue weighted by atomic mass is 32.2. The molecule has 2 heterocycles. The number of anilines is 1. The summed E-state index contributed by atoms with van der Waals surface area (Å²) in [6.45, 7) is 2.32. The van der Waals surface area contributed by atoms with Gasteiger partial charge >= 0.3 is 0 Å². The summed E-state index contributed by atoms with van der Waals surface area (Å²) in [4.78, 5) is 31.0. The van der Waals surface area contributed by atoms with Gasteiger partial charge in [0.25, 0.3) is 11.8 Å². The third-order valence-electron chi connectivity index (χ3n) is 4.40. The van der Waals surface area contributed by atoms with E-state index in [1.54, 1.807) is 17.0 Å². The minimum atomic E-state index is -3.09. The predicted octanol–water partition coefficient (Wildman–Crippen LogP) is 1.67. The van der Waals surface area contributed by atoms with Crippen molar-refractivity contribution in [3.63, 3.8) is 0 Å². The van der Waals surface area contributed by atoms with Crippen molar-refractivity contribution < 1.29 is 18.0 Å². The Morgan fingerprint density at radius 3 is 2.44 bits per heavy atom. The average Bonchev–Trinajstić information content (AvgIpc) is 3.01. The maximum absolute atomic E-state index is 12.8. The molecule has 1 aromatic carbocycles. The number of sulfone groups is 1. The van der Waals surface area contributed by atoms with Crippen LogP contribution in [0.5, 0.6) is 0 Å². The van der Waals surface area contributed by atoms with Crippen LogP contribution in [0, 0.1) is 0 Å². The summed E-state index contributed by atoms with van der Waals surface area (Å²) in [5, 5.41) is 2.69. The number of para-hydroxylation sites is 1. The normalized spacial score (nSPS) is 18.0. The Kier molecular flexibility index (Phi) is 5.55. The molecule has 142 valence electrons. The summed E-state index contributed by atoms with van der Waals surface area (Å²) in [6.07, 6.45) is 0.393. The number of hydrogen-bond acceptors (Lipinski definition) is 5. The van der Waals surface area contributed by atoms with Gasteiger partial charge < -0.3 is 10.2 Å². The van der Waals surface area contributed by atoms with E-state index in [9.17, 15) is 18.0 Å². The lowest BCUT2D eigenvalue weighted by Crippen LogP contribution is -2.36. The molecule has 0 saturated carbocycles. The molecule has 1 aliphatic rings. The number of carbonyl (C=O) groups excluding carboxylic acids is 2. The third kappa shape index (κ3) is 4.51. The molecule has 1 aliphatic heterocycles. The minimum Gasteiger partial charge on any atom is -0.347 e. The van der Waals surface area contributed by atoms with E-state index < -0.39 is 21.8 Å². The number of amides is 2. The van der Waals surface area contributed by atoms with Crippen molar-refractivity contribution in [2.24, 2.45) is 0 Å². The van der Waals surface area contributed by atoms with E-state index >= 15 is 0 Å². The van der Waals surface area contributed by atoms with Crippen molar-refractivity contribution in [2.75, 3.05) is 23.0 Å². The van der Waals surface area contributed by atoms with E-state index in [1.165, 1.54) is 6.07 Å². The zero-order valence-electron chi connectivity index (χ0n) is 15.0. The molecule has 0 aliphatic carbocycles. The topological polar surface area (TPSA) is 96.4 Å². The molecule has 3 rings (SSSR count). The van der Waals surface area contributed by atoms with Gasteiger partial charge in [0.2, 0.25) is 0 Å². The summed E-state index contributed by atoms with van der Waals surface area (Å²) in [5.74, 6) is -0.766. The zero-order valence-corrected chi connectivity index (χ0v) is 15.8. The average molecular weight is 387 g/mol. The first kappa shape index (κ1) is 19.0. The molecular formula is C19H21N3O4S. The van der Waals surface area contributed by atoms with Gasteiger partial charge in [-0.05, 0) is 37.6 Å². The first-order valence-corrected chi connectivity index (χ1v) is 10.6. The van der Waals surface area contributed by atoms with Crippen molar-refractivity contribution in [2.45, 2.75) is 19.4 Å². The van der Waals surface area contributed by atoms with Crippen LogP contribution < -0.4 is 10.2 Å². The Balaban J connectivity index is 1.76. The zero-order chi connectivity index (χ0) is 19.4. The van der Waals surface area contributed by atoms with Crippen LogP contribution in [0.15, 0.2) is 48.5 Å². The molecule has 8 heteroatoms. The van der Waals surface area contributed by atoms with Gasteiger partial charge in [-0.15, -0.1) is 0 Å². The summed E-state index contributed by atoms with van der Waals surface area (Å²) >= 11 is 0. The Morgan fingerprint density at radius 1 is 1.11 bits per heavy atom. The number of pyridine rings is 1. The molecule has 27 heavy (non-hydrogen) atoms. The van der Waals surface area contributed by atoms with Crippen LogP contribution in [-0.4, -0.2) is 49.3 Å². The number of benzene rings is 1. The molecule has 1 atom stereocenters. The van der Waals surface area contributed by atoms with Crippen LogP contribution in [0.25, 0.3) is 0 Å². The minimum absolute atomic E-state index is 0.0605. The second-order valence-corrected chi connectivity index (χ2v) is 8.60. The fourth-order valence-electron chi connectivity index (χ4n) is 3.04. The molecule has 0 spiro atoms. The maximum Gasteiger partial charge on any atom is 0.276 e. The lowest BCUT2D eigenvalue weighted by Gasteiger charge is -2.20. The summed E-state index contributed by atoms with van der Waals surface area (Å²) in [5.41, 5.74) is 1.000. The highest BCUT2D eigenvalue weighted by molar-refractivity contribution is 7.91. The molecule has 2 amide bonds. The lowest BCUT2D eigenvalue weighted by atomic mass is 10.2. The van der Waals surface area contributed by atoms with E-state index in [4.69, 9.17) is 0 Å². The summed E-state index contributed by atoms with van der Waals surface area (Å²) in [7, 11) is -3.09. The van der Waals surface area contributed by atoms with Gasteiger partial charge in [0.15, 0.2) is 9.84 Å². The van der Waals surface area contributed by atoms with Crippen molar-refractivity contribution in [3.8, 4) is 0 Å². The Hall–Kier alpha value is -2.74. The van der Waals surface area contributed by atoms with Crippen LogP contribution in [0.3, 0.4) is 0 Å². The smallest absolute Gasteiger partial charge is 0.276 e. The Bertz CT molecular complexity index is 944. The van der Waals surface area contributed by atoms with Crippen LogP contribution in [0.2, 0.25) is 0 Å². The quantitative estimate of drug-likeness (QED) is 0.842. The molecule has 2 aromatic rings. The maximum atomic E-state index is 12.8. The van der Waals surface area contributed by atoms with E-state index in [2.05, 4.69) is 10.3 Å². The first-order chi connectivity index (χ1) is 12.9. The van der Waals surface area contributed by atoms with Gasteiger partial charge in [0.05, 0.1) is 11.5 Å². The van der Waals surface area contributed by atoms with Gasteiger partial charge in [-0.3, -0.25) is 9.59 Å². The fourth-order valence-corrected chi connectivity index (χ4v) is 4.71. The Morgan fingerprint density at radius 2 is 1.81 bits per heavy atom. The largest absolute Gasteiger partial charge is 0.347 e. The van der Waals surface area contributed by atoms with Crippen LogP contribution in [0.4, 0.5) is 5.69 Å². The molecule has 0 radical (unpaired) electrons. The molecule has 0 bridgehead atoms. The van der Waals surface area contributed by atoms with Gasteiger partial charge in [-0.25, -0.2) is 13.4 Å². The SMILES string of the molecule is CCN(C(=O)c1cccc(C(=O)NC2CCS(=O)(=O)C2)n1)c1ccccc1.